The first-order valence-corrected chi connectivity index (χ1v) is 9.83. The number of amides is 1. The molecule has 32 heavy (non-hydrogen) atoms. The van der Waals surface area contributed by atoms with Crippen molar-refractivity contribution in [2.24, 2.45) is 0 Å². The van der Waals surface area contributed by atoms with Gasteiger partial charge in [0.15, 0.2) is 0 Å². The summed E-state index contributed by atoms with van der Waals surface area (Å²) in [4.78, 5) is 26.4. The van der Waals surface area contributed by atoms with E-state index < -0.39 is 12.1 Å². The number of aliphatic carboxylic acids is 1. The number of pyridine rings is 1. The summed E-state index contributed by atoms with van der Waals surface area (Å²) in [6, 6.07) is 12.2. The lowest BCUT2D eigenvalue weighted by atomic mass is 10.1. The van der Waals surface area contributed by atoms with Gasteiger partial charge in [-0.3, -0.25) is 4.79 Å². The number of carboxylic acid groups (broad SMARTS) is 1. The first-order chi connectivity index (χ1) is 15.0. The van der Waals surface area contributed by atoms with E-state index in [2.05, 4.69) is 30.0 Å². The maximum atomic E-state index is 13.3. The van der Waals surface area contributed by atoms with Crippen LogP contribution in [0.1, 0.15) is 27.2 Å². The molecule has 7 nitrogen and oxygen atoms in total. The van der Waals surface area contributed by atoms with Gasteiger partial charge in [0.2, 0.25) is 0 Å². The highest BCUT2D eigenvalue weighted by Crippen LogP contribution is 2.27. The molecule has 170 valence electrons. The summed E-state index contributed by atoms with van der Waals surface area (Å²) in [5.41, 5.74) is 5.92. The van der Waals surface area contributed by atoms with Crippen LogP contribution in [-0.4, -0.2) is 57.8 Å². The monoisotopic (exact) mass is 448 g/mol. The van der Waals surface area contributed by atoms with Crippen LogP contribution in [0.25, 0.3) is 5.52 Å². The van der Waals surface area contributed by atoms with E-state index in [1.807, 2.05) is 46.7 Å². The molecule has 0 saturated carbocycles. The molecular formula is C22H23F3N4O3. The Morgan fingerprint density at radius 3 is 2.38 bits per heavy atom. The predicted molar refractivity (Wildman–Crippen MR) is 113 cm³/mol. The van der Waals surface area contributed by atoms with E-state index in [4.69, 9.17) is 9.90 Å². The number of hydrogen-bond donors (Lipinski definition) is 1. The van der Waals surface area contributed by atoms with Crippen molar-refractivity contribution in [1.82, 2.24) is 14.5 Å². The molecule has 1 N–H and O–H groups in total. The van der Waals surface area contributed by atoms with Gasteiger partial charge in [-0.1, -0.05) is 24.3 Å². The Hall–Kier alpha value is -3.40. The molecule has 0 bridgehead atoms. The van der Waals surface area contributed by atoms with Gasteiger partial charge in [0.1, 0.15) is 0 Å². The maximum absolute atomic E-state index is 13.3. The molecule has 0 saturated heterocycles. The van der Waals surface area contributed by atoms with Crippen LogP contribution in [0.5, 0.6) is 0 Å². The Labute approximate surface area is 182 Å². The first-order valence-electron chi connectivity index (χ1n) is 9.83. The number of carbonyl (C=O) groups excluding carboxylic acids is 1. The molecule has 0 unspecified atom stereocenters. The van der Waals surface area contributed by atoms with E-state index in [-0.39, 0.29) is 5.91 Å². The summed E-state index contributed by atoms with van der Waals surface area (Å²) in [7, 11) is 2.09. The summed E-state index contributed by atoms with van der Waals surface area (Å²) in [5, 5.41) is 11.6. The number of likely N-dealkylation sites (N-methyl/N-ethyl adjacent to an activating group) is 1. The minimum absolute atomic E-state index is 0.0148. The van der Waals surface area contributed by atoms with Crippen molar-refractivity contribution in [3.05, 3.63) is 65.0 Å². The van der Waals surface area contributed by atoms with Crippen LogP contribution in [0.2, 0.25) is 0 Å². The van der Waals surface area contributed by atoms with Gasteiger partial charge < -0.3 is 14.9 Å². The Morgan fingerprint density at radius 2 is 1.72 bits per heavy atom. The lowest BCUT2D eigenvalue weighted by Crippen LogP contribution is -2.35. The second-order valence-electron chi connectivity index (χ2n) is 7.58. The number of rotatable bonds is 1. The highest BCUT2D eigenvalue weighted by Gasteiger charge is 2.38. The SMILES string of the molecule is Cc1ccc2c(C(=O)N3CCN(C)Cc4ccccc43)cnn2c1C.O=C(O)C(F)(F)F. The zero-order valence-electron chi connectivity index (χ0n) is 17.8. The highest BCUT2D eigenvalue weighted by atomic mass is 19.4. The molecular weight excluding hydrogens is 425 g/mol. The number of carboxylic acids is 1. The summed E-state index contributed by atoms with van der Waals surface area (Å²) in [5.74, 6) is -2.74. The van der Waals surface area contributed by atoms with Gasteiger partial charge in [0.25, 0.3) is 5.91 Å². The van der Waals surface area contributed by atoms with E-state index in [1.54, 1.807) is 6.20 Å². The maximum Gasteiger partial charge on any atom is 0.490 e. The number of carbonyl (C=O) groups is 2. The van der Waals surface area contributed by atoms with Crippen LogP contribution in [0, 0.1) is 13.8 Å². The number of aromatic nitrogens is 2. The minimum atomic E-state index is -5.08. The molecule has 1 aliphatic heterocycles. The summed E-state index contributed by atoms with van der Waals surface area (Å²) in [6.45, 7) is 6.46. The van der Waals surface area contributed by atoms with Crippen molar-refractivity contribution in [1.29, 1.82) is 0 Å². The third-order valence-corrected chi connectivity index (χ3v) is 5.33. The zero-order chi connectivity index (χ0) is 23.6. The van der Waals surface area contributed by atoms with Crippen LogP contribution in [-0.2, 0) is 11.3 Å². The van der Waals surface area contributed by atoms with Crippen LogP contribution in [0.15, 0.2) is 42.6 Å². The molecule has 3 heterocycles. The Bertz CT molecular complexity index is 1160. The predicted octanol–water partition coefficient (Wildman–Crippen LogP) is 3.68. The molecule has 10 heteroatoms. The fraction of sp³-hybridized carbons (Fsp3) is 0.318. The Kier molecular flexibility index (Phi) is 6.54. The van der Waals surface area contributed by atoms with Gasteiger partial charge in [-0.05, 0) is 44.2 Å². The second kappa shape index (κ2) is 8.99. The van der Waals surface area contributed by atoms with Gasteiger partial charge >= 0.3 is 12.1 Å². The Morgan fingerprint density at radius 1 is 1.06 bits per heavy atom. The van der Waals surface area contributed by atoms with Crippen LogP contribution < -0.4 is 4.90 Å². The molecule has 1 amide bonds. The van der Waals surface area contributed by atoms with Gasteiger partial charge in [-0.25, -0.2) is 9.31 Å². The third-order valence-electron chi connectivity index (χ3n) is 5.33. The Balaban J connectivity index is 0.000000360. The van der Waals surface area contributed by atoms with Crippen molar-refractivity contribution in [2.45, 2.75) is 26.6 Å². The minimum Gasteiger partial charge on any atom is -0.475 e. The fourth-order valence-electron chi connectivity index (χ4n) is 3.47. The largest absolute Gasteiger partial charge is 0.490 e. The van der Waals surface area contributed by atoms with E-state index in [0.717, 1.165) is 35.6 Å². The van der Waals surface area contributed by atoms with Crippen molar-refractivity contribution in [2.75, 3.05) is 25.0 Å². The normalized spacial score (nSPS) is 14.4. The number of fused-ring (bicyclic) bond motifs is 2. The van der Waals surface area contributed by atoms with E-state index in [0.29, 0.717) is 12.1 Å². The average molecular weight is 448 g/mol. The fourth-order valence-corrected chi connectivity index (χ4v) is 3.47. The van der Waals surface area contributed by atoms with Gasteiger partial charge in [-0.2, -0.15) is 18.3 Å². The number of aryl methyl sites for hydroxylation is 2. The number of nitrogens with zero attached hydrogens (tertiary/aromatic N) is 4. The number of anilines is 1. The highest BCUT2D eigenvalue weighted by molar-refractivity contribution is 6.10. The molecule has 0 atom stereocenters. The molecule has 3 aromatic rings. The topological polar surface area (TPSA) is 78.2 Å². The van der Waals surface area contributed by atoms with Crippen molar-refractivity contribution in [3.8, 4) is 0 Å². The summed E-state index contributed by atoms with van der Waals surface area (Å²) >= 11 is 0. The molecule has 2 aromatic heterocycles. The molecule has 0 spiro atoms. The van der Waals surface area contributed by atoms with Gasteiger partial charge in [0.05, 0.1) is 17.3 Å². The molecule has 0 aliphatic carbocycles. The lowest BCUT2D eigenvalue weighted by molar-refractivity contribution is -0.192. The second-order valence-corrected chi connectivity index (χ2v) is 7.58. The van der Waals surface area contributed by atoms with E-state index >= 15 is 0 Å². The van der Waals surface area contributed by atoms with Gasteiger partial charge in [-0.15, -0.1) is 0 Å². The number of hydrogen-bond acceptors (Lipinski definition) is 4. The number of alkyl halides is 3. The van der Waals surface area contributed by atoms with Crippen LogP contribution >= 0.6 is 0 Å². The van der Waals surface area contributed by atoms with Crippen molar-refractivity contribution in [3.63, 3.8) is 0 Å². The van der Waals surface area contributed by atoms with Crippen LogP contribution in [0.3, 0.4) is 0 Å². The van der Waals surface area contributed by atoms with Gasteiger partial charge in [0, 0.05) is 31.0 Å². The van der Waals surface area contributed by atoms with Crippen molar-refractivity contribution < 1.29 is 27.9 Å². The number of para-hydroxylation sites is 1. The standard InChI is InChI=1S/C20H22N4O.C2HF3O2/c1-14-8-9-19-17(12-21-24(19)15(14)2)20(25)23-11-10-22(3)13-16-6-4-5-7-18(16)23;3-2(4,5)1(6)7/h4-9,12H,10-11,13H2,1-3H3;(H,6,7). The molecule has 0 fully saturated rings. The summed E-state index contributed by atoms with van der Waals surface area (Å²) < 4.78 is 33.6. The molecule has 4 rings (SSSR count). The molecule has 1 aromatic carbocycles. The number of halogens is 3. The zero-order valence-corrected chi connectivity index (χ0v) is 17.8. The lowest BCUT2D eigenvalue weighted by Gasteiger charge is -2.22. The van der Waals surface area contributed by atoms with Crippen LogP contribution in [0.4, 0.5) is 18.9 Å². The number of benzene rings is 1. The summed E-state index contributed by atoms with van der Waals surface area (Å²) in [6.07, 6.45) is -3.39. The quantitative estimate of drug-likeness (QED) is 0.615. The van der Waals surface area contributed by atoms with E-state index in [1.165, 1.54) is 5.56 Å². The smallest absolute Gasteiger partial charge is 0.475 e. The molecule has 0 radical (unpaired) electrons. The van der Waals surface area contributed by atoms with Crippen molar-refractivity contribution >= 4 is 23.1 Å². The third kappa shape index (κ3) is 4.75. The van der Waals surface area contributed by atoms with E-state index in [9.17, 15) is 18.0 Å². The average Bonchev–Trinajstić information content (AvgIpc) is 3.08. The first kappa shape index (κ1) is 23.3. The molecule has 1 aliphatic rings.